The van der Waals surface area contributed by atoms with E-state index in [0.717, 1.165) is 18.4 Å². The number of benzene rings is 1. The van der Waals surface area contributed by atoms with Crippen molar-refractivity contribution in [1.29, 1.82) is 0 Å². The van der Waals surface area contributed by atoms with Crippen LogP contribution in [0.1, 0.15) is 5.56 Å². The van der Waals surface area contributed by atoms with Gasteiger partial charge in [0.1, 0.15) is 0 Å². The number of hydrogen-bond acceptors (Lipinski definition) is 4. The Balaban J connectivity index is 2.25. The van der Waals surface area contributed by atoms with E-state index in [1.54, 1.807) is 18.2 Å². The van der Waals surface area contributed by atoms with Gasteiger partial charge in [-0.2, -0.15) is 0 Å². The Kier molecular flexibility index (Phi) is 3.01. The van der Waals surface area contributed by atoms with Crippen molar-refractivity contribution in [1.82, 2.24) is 0 Å². The molecule has 0 atom stereocenters. The van der Waals surface area contributed by atoms with Crippen molar-refractivity contribution < 1.29 is 19.1 Å². The van der Waals surface area contributed by atoms with Crippen molar-refractivity contribution in [3.63, 3.8) is 0 Å². The summed E-state index contributed by atoms with van der Waals surface area (Å²) in [6.07, 6.45) is 0.281. The molecule has 2 rings (SSSR count). The second-order valence-electron chi connectivity index (χ2n) is 3.92. The maximum absolute atomic E-state index is 11.6. The predicted molar refractivity (Wildman–Crippen MR) is 64.2 cm³/mol. The molecule has 6 nitrogen and oxygen atoms in total. The van der Waals surface area contributed by atoms with E-state index in [4.69, 9.17) is 0 Å². The molecule has 2 amide bonds. The normalized spacial score (nSPS) is 12.7. The van der Waals surface area contributed by atoms with Crippen LogP contribution >= 0.6 is 0 Å². The van der Waals surface area contributed by atoms with Crippen LogP contribution in [-0.2, 0) is 25.5 Å². The minimum atomic E-state index is -0.924. The first-order valence-electron chi connectivity index (χ1n) is 5.31. The molecule has 1 aliphatic heterocycles. The quantitative estimate of drug-likeness (QED) is 0.573. The van der Waals surface area contributed by atoms with E-state index >= 15 is 0 Å². The van der Waals surface area contributed by atoms with Crippen molar-refractivity contribution in [2.24, 2.45) is 0 Å². The van der Waals surface area contributed by atoms with Crippen molar-refractivity contribution >= 4 is 29.2 Å². The van der Waals surface area contributed by atoms with Crippen molar-refractivity contribution in [2.45, 2.75) is 6.42 Å². The minimum absolute atomic E-state index is 0.0795. The van der Waals surface area contributed by atoms with Crippen LogP contribution in [-0.4, -0.2) is 31.9 Å². The number of hydrogen-bond donors (Lipinski definition) is 1. The van der Waals surface area contributed by atoms with Gasteiger partial charge < -0.3 is 15.0 Å². The number of amides is 2. The maximum atomic E-state index is 11.6. The number of rotatable bonds is 1. The number of methoxy groups -OCH3 is 1. The Bertz CT molecular complexity index is 539. The van der Waals surface area contributed by atoms with Crippen LogP contribution in [0, 0.1) is 0 Å². The summed E-state index contributed by atoms with van der Waals surface area (Å²) in [5, 5.41) is 2.69. The second-order valence-corrected chi connectivity index (χ2v) is 3.92. The van der Waals surface area contributed by atoms with Crippen LogP contribution in [0.3, 0.4) is 0 Å². The topological polar surface area (TPSA) is 75.7 Å². The Labute approximate surface area is 104 Å². The molecular weight excluding hydrogens is 236 g/mol. The number of esters is 1. The van der Waals surface area contributed by atoms with E-state index < -0.39 is 11.9 Å². The lowest BCUT2D eigenvalue weighted by molar-refractivity contribution is -0.151. The number of likely N-dealkylation sites (N-methyl/N-ethyl adjacent to an activating group) is 1. The van der Waals surface area contributed by atoms with Gasteiger partial charge in [0.15, 0.2) is 0 Å². The summed E-state index contributed by atoms with van der Waals surface area (Å²) < 4.78 is 4.37. The third-order valence-corrected chi connectivity index (χ3v) is 2.77. The average molecular weight is 248 g/mol. The van der Waals surface area contributed by atoms with E-state index in [1.807, 2.05) is 0 Å². The molecule has 94 valence electrons. The molecule has 1 heterocycles. The lowest BCUT2D eigenvalue weighted by Gasteiger charge is -2.16. The van der Waals surface area contributed by atoms with Gasteiger partial charge in [-0.1, -0.05) is 0 Å². The smallest absolute Gasteiger partial charge is 0.397 e. The van der Waals surface area contributed by atoms with E-state index in [9.17, 15) is 14.4 Å². The monoisotopic (exact) mass is 248 g/mol. The Morgan fingerprint density at radius 1 is 1.39 bits per heavy atom. The summed E-state index contributed by atoms with van der Waals surface area (Å²) in [7, 11) is 2.63. The Morgan fingerprint density at radius 3 is 2.78 bits per heavy atom. The van der Waals surface area contributed by atoms with Crippen LogP contribution in [0.15, 0.2) is 18.2 Å². The van der Waals surface area contributed by atoms with E-state index in [0.29, 0.717) is 5.69 Å². The molecule has 0 saturated heterocycles. The van der Waals surface area contributed by atoms with Crippen molar-refractivity contribution in [3.05, 3.63) is 23.8 Å². The molecule has 0 unspecified atom stereocenters. The number of ether oxygens (including phenoxy) is 1. The molecule has 1 aliphatic rings. The zero-order chi connectivity index (χ0) is 13.3. The summed E-state index contributed by atoms with van der Waals surface area (Å²) >= 11 is 0. The lowest BCUT2D eigenvalue weighted by Crippen LogP contribution is -2.34. The fourth-order valence-electron chi connectivity index (χ4n) is 1.77. The highest BCUT2D eigenvalue weighted by atomic mass is 16.5. The molecule has 1 aromatic rings. The number of fused-ring (bicyclic) bond motifs is 1. The number of carbonyl (C=O) groups excluding carboxylic acids is 3. The van der Waals surface area contributed by atoms with E-state index in [2.05, 4.69) is 10.1 Å². The molecule has 0 aromatic heterocycles. The van der Waals surface area contributed by atoms with Gasteiger partial charge in [0.25, 0.3) is 0 Å². The molecule has 0 radical (unpaired) electrons. The zero-order valence-electron chi connectivity index (χ0n) is 10.0. The SMILES string of the molecule is COC(=O)C(=O)N(C)c1ccc2c(c1)CC(=O)N2. The molecule has 0 saturated carbocycles. The van der Waals surface area contributed by atoms with Crippen LogP contribution in [0.5, 0.6) is 0 Å². The molecule has 6 heteroatoms. The molecule has 18 heavy (non-hydrogen) atoms. The van der Waals surface area contributed by atoms with Gasteiger partial charge in [-0.3, -0.25) is 9.59 Å². The third-order valence-electron chi connectivity index (χ3n) is 2.77. The fraction of sp³-hybridized carbons (Fsp3) is 0.250. The number of nitrogens with one attached hydrogen (secondary N) is 1. The van der Waals surface area contributed by atoms with Gasteiger partial charge in [-0.05, 0) is 23.8 Å². The summed E-state index contributed by atoms with van der Waals surface area (Å²) in [6, 6.07) is 5.07. The number of nitrogens with zero attached hydrogens (tertiary/aromatic N) is 1. The van der Waals surface area contributed by atoms with E-state index in [1.165, 1.54) is 11.9 Å². The number of carbonyl (C=O) groups is 3. The zero-order valence-corrected chi connectivity index (χ0v) is 10.0. The lowest BCUT2D eigenvalue weighted by atomic mass is 10.1. The van der Waals surface area contributed by atoms with Crippen LogP contribution in [0.2, 0.25) is 0 Å². The van der Waals surface area contributed by atoms with Gasteiger partial charge >= 0.3 is 11.9 Å². The highest BCUT2D eigenvalue weighted by molar-refractivity contribution is 6.37. The molecular formula is C12H12N2O4. The molecule has 1 aromatic carbocycles. The van der Waals surface area contributed by atoms with Gasteiger partial charge in [0.05, 0.1) is 13.5 Å². The number of anilines is 2. The largest absolute Gasteiger partial charge is 0.462 e. The minimum Gasteiger partial charge on any atom is -0.462 e. The van der Waals surface area contributed by atoms with Gasteiger partial charge in [0, 0.05) is 18.4 Å². The molecule has 0 fully saturated rings. The third kappa shape index (κ3) is 2.04. The summed E-state index contributed by atoms with van der Waals surface area (Å²) in [5.41, 5.74) is 2.09. The molecule has 1 N–H and O–H groups in total. The average Bonchev–Trinajstić information content (AvgIpc) is 2.74. The first-order valence-corrected chi connectivity index (χ1v) is 5.31. The van der Waals surface area contributed by atoms with Crippen LogP contribution in [0.25, 0.3) is 0 Å². The predicted octanol–water partition coefficient (Wildman–Crippen LogP) is 0.317. The highest BCUT2D eigenvalue weighted by Crippen LogP contribution is 2.27. The Morgan fingerprint density at radius 2 is 2.11 bits per heavy atom. The second kappa shape index (κ2) is 4.48. The first-order chi connectivity index (χ1) is 8.52. The van der Waals surface area contributed by atoms with Gasteiger partial charge in [0.2, 0.25) is 5.91 Å². The Hall–Kier alpha value is -2.37. The summed E-state index contributed by atoms with van der Waals surface area (Å²) in [4.78, 5) is 35.1. The summed E-state index contributed by atoms with van der Waals surface area (Å²) in [6.45, 7) is 0. The summed E-state index contributed by atoms with van der Waals surface area (Å²) in [5.74, 6) is -1.76. The fourth-order valence-corrected chi connectivity index (χ4v) is 1.77. The molecule has 0 bridgehead atoms. The van der Waals surface area contributed by atoms with Crippen molar-refractivity contribution in [3.8, 4) is 0 Å². The highest BCUT2D eigenvalue weighted by Gasteiger charge is 2.23. The molecule has 0 spiro atoms. The molecule has 0 aliphatic carbocycles. The first kappa shape index (κ1) is 12.1. The van der Waals surface area contributed by atoms with Crippen LogP contribution in [0.4, 0.5) is 11.4 Å². The standard InChI is InChI=1S/C12H12N2O4/c1-14(11(16)12(17)18-2)8-3-4-9-7(5-8)6-10(15)13-9/h3-5H,6H2,1-2H3,(H,13,15). The maximum Gasteiger partial charge on any atom is 0.397 e. The van der Waals surface area contributed by atoms with Gasteiger partial charge in [-0.25, -0.2) is 4.79 Å². The van der Waals surface area contributed by atoms with Crippen LogP contribution < -0.4 is 10.2 Å². The van der Waals surface area contributed by atoms with Gasteiger partial charge in [-0.15, -0.1) is 0 Å². The van der Waals surface area contributed by atoms with Crippen molar-refractivity contribution in [2.75, 3.05) is 24.4 Å². The van der Waals surface area contributed by atoms with E-state index in [-0.39, 0.29) is 12.3 Å².